The number of anilines is 1. The van der Waals surface area contributed by atoms with Crippen molar-refractivity contribution in [2.24, 2.45) is 0 Å². The van der Waals surface area contributed by atoms with Gasteiger partial charge in [0, 0.05) is 12.6 Å². The maximum atomic E-state index is 5.45. The molecule has 0 spiro atoms. The van der Waals surface area contributed by atoms with Gasteiger partial charge in [-0.25, -0.2) is 0 Å². The van der Waals surface area contributed by atoms with Crippen LogP contribution in [0.1, 0.15) is 18.2 Å². The van der Waals surface area contributed by atoms with Gasteiger partial charge in [-0.05, 0) is 18.9 Å². The van der Waals surface area contributed by atoms with Crippen molar-refractivity contribution in [1.82, 2.24) is 4.98 Å². The van der Waals surface area contributed by atoms with E-state index in [2.05, 4.69) is 41.5 Å². The van der Waals surface area contributed by atoms with Gasteiger partial charge in [-0.3, -0.25) is 0 Å². The number of hydrogen-bond donors (Lipinski definition) is 1. The maximum absolute atomic E-state index is 5.45. The smallest absolute Gasteiger partial charge is 0.295 e. The average molecular weight is 216 g/mol. The number of rotatable bonds is 3. The van der Waals surface area contributed by atoms with E-state index in [-0.39, 0.29) is 0 Å². The Hall–Kier alpha value is -1.77. The predicted octanol–water partition coefficient (Wildman–Crippen LogP) is 3.25. The van der Waals surface area contributed by atoms with Gasteiger partial charge in [-0.15, -0.1) is 0 Å². The van der Waals surface area contributed by atoms with Crippen LogP contribution in [0, 0.1) is 6.92 Å². The average Bonchev–Trinajstić information content (AvgIpc) is 2.71. The lowest BCUT2D eigenvalue weighted by molar-refractivity contribution is 0.544. The molecule has 0 saturated heterocycles. The Morgan fingerprint density at radius 3 is 2.44 bits per heavy atom. The number of nitrogens with zero attached hydrogens (tertiary/aromatic N) is 1. The Morgan fingerprint density at radius 2 is 1.94 bits per heavy atom. The van der Waals surface area contributed by atoms with Crippen LogP contribution in [0.15, 0.2) is 28.7 Å². The molecule has 16 heavy (non-hydrogen) atoms. The summed E-state index contributed by atoms with van der Waals surface area (Å²) in [5, 5.41) is 2.90. The van der Waals surface area contributed by atoms with Crippen LogP contribution >= 0.6 is 0 Å². The lowest BCUT2D eigenvalue weighted by Crippen LogP contribution is -1.87. The molecule has 3 heteroatoms. The molecule has 0 fully saturated rings. The molecule has 0 amide bonds. The van der Waals surface area contributed by atoms with Gasteiger partial charge in [-0.2, -0.15) is 4.98 Å². The molecule has 1 aromatic heterocycles. The third kappa shape index (κ3) is 1.94. The first kappa shape index (κ1) is 10.7. The summed E-state index contributed by atoms with van der Waals surface area (Å²) in [4.78, 5) is 4.38. The summed E-state index contributed by atoms with van der Waals surface area (Å²) >= 11 is 0. The summed E-state index contributed by atoms with van der Waals surface area (Å²) in [6, 6.07) is 8.99. The molecule has 1 heterocycles. The van der Waals surface area contributed by atoms with E-state index in [0.717, 1.165) is 23.4 Å². The zero-order valence-electron chi connectivity index (χ0n) is 9.87. The van der Waals surface area contributed by atoms with Gasteiger partial charge in [0.25, 0.3) is 6.01 Å². The summed E-state index contributed by atoms with van der Waals surface area (Å²) in [6.45, 7) is 4.08. The van der Waals surface area contributed by atoms with Gasteiger partial charge >= 0.3 is 0 Å². The van der Waals surface area contributed by atoms with Crippen LogP contribution in [-0.2, 0) is 6.42 Å². The molecule has 0 aliphatic rings. The quantitative estimate of drug-likeness (QED) is 0.855. The topological polar surface area (TPSA) is 38.1 Å². The Morgan fingerprint density at radius 1 is 1.25 bits per heavy atom. The van der Waals surface area contributed by atoms with Gasteiger partial charge in [0.05, 0.1) is 0 Å². The summed E-state index contributed by atoms with van der Waals surface area (Å²) in [7, 11) is 1.80. The number of benzene rings is 1. The van der Waals surface area contributed by atoms with Crippen molar-refractivity contribution < 1.29 is 4.42 Å². The van der Waals surface area contributed by atoms with E-state index < -0.39 is 0 Å². The predicted molar refractivity (Wildman–Crippen MR) is 65.6 cm³/mol. The minimum Gasteiger partial charge on any atom is -0.428 e. The number of hydrogen-bond acceptors (Lipinski definition) is 3. The molecule has 2 aromatic rings. The fourth-order valence-electron chi connectivity index (χ4n) is 1.67. The van der Waals surface area contributed by atoms with Crippen LogP contribution in [0.3, 0.4) is 0 Å². The highest BCUT2D eigenvalue weighted by atomic mass is 16.4. The van der Waals surface area contributed by atoms with Crippen LogP contribution in [0.25, 0.3) is 11.3 Å². The fourth-order valence-corrected chi connectivity index (χ4v) is 1.67. The molecule has 0 bridgehead atoms. The Bertz CT molecular complexity index is 471. The lowest BCUT2D eigenvalue weighted by Gasteiger charge is -1.99. The van der Waals surface area contributed by atoms with Crippen LogP contribution in [-0.4, -0.2) is 12.0 Å². The van der Waals surface area contributed by atoms with E-state index in [9.17, 15) is 0 Å². The molecule has 1 N–H and O–H groups in total. The molecule has 0 atom stereocenters. The molecular formula is C13H16N2O. The molecule has 2 rings (SSSR count). The molecule has 0 saturated carbocycles. The summed E-state index contributed by atoms with van der Waals surface area (Å²) < 4.78 is 5.45. The monoisotopic (exact) mass is 216 g/mol. The Balaban J connectivity index is 2.38. The normalized spacial score (nSPS) is 10.4. The molecule has 0 radical (unpaired) electrons. The highest BCUT2D eigenvalue weighted by Gasteiger charge is 2.10. The van der Waals surface area contributed by atoms with Crippen LogP contribution in [0.5, 0.6) is 0 Å². The van der Waals surface area contributed by atoms with Gasteiger partial charge in [0.2, 0.25) is 0 Å². The van der Waals surface area contributed by atoms with Crippen LogP contribution < -0.4 is 5.32 Å². The lowest BCUT2D eigenvalue weighted by atomic mass is 10.1. The minimum absolute atomic E-state index is 0.562. The van der Waals surface area contributed by atoms with E-state index in [0.29, 0.717) is 6.01 Å². The second-order valence-corrected chi connectivity index (χ2v) is 3.72. The van der Waals surface area contributed by atoms with E-state index in [4.69, 9.17) is 4.42 Å². The zero-order chi connectivity index (χ0) is 11.5. The highest BCUT2D eigenvalue weighted by molar-refractivity contribution is 5.62. The van der Waals surface area contributed by atoms with Crippen molar-refractivity contribution in [3.63, 3.8) is 0 Å². The fraction of sp³-hybridized carbons (Fsp3) is 0.308. The summed E-state index contributed by atoms with van der Waals surface area (Å²) in [5.74, 6) is 0.841. The maximum Gasteiger partial charge on any atom is 0.295 e. The largest absolute Gasteiger partial charge is 0.428 e. The van der Waals surface area contributed by atoms with Gasteiger partial charge in [-0.1, -0.05) is 31.2 Å². The summed E-state index contributed by atoms with van der Waals surface area (Å²) in [6.07, 6.45) is 1.06. The number of aryl methyl sites for hydroxylation is 2. The molecule has 1 aromatic carbocycles. The minimum atomic E-state index is 0.562. The van der Waals surface area contributed by atoms with Crippen molar-refractivity contribution >= 4 is 6.01 Å². The Kier molecular flexibility index (Phi) is 2.95. The standard InChI is InChI=1S/C13H16N2O/c1-4-10-5-7-11(8-6-10)12-9(2)16-13(14-3)15-12/h5-8H,4H2,1-3H3,(H,14,15). The van der Waals surface area contributed by atoms with E-state index >= 15 is 0 Å². The first-order chi connectivity index (χ1) is 7.74. The first-order valence-corrected chi connectivity index (χ1v) is 5.49. The highest BCUT2D eigenvalue weighted by Crippen LogP contribution is 2.25. The zero-order valence-corrected chi connectivity index (χ0v) is 9.87. The second-order valence-electron chi connectivity index (χ2n) is 3.72. The van der Waals surface area contributed by atoms with Gasteiger partial charge in [0.1, 0.15) is 11.5 Å². The van der Waals surface area contributed by atoms with E-state index in [1.165, 1.54) is 5.56 Å². The number of nitrogens with one attached hydrogen (secondary N) is 1. The molecule has 0 unspecified atom stereocenters. The van der Waals surface area contributed by atoms with Crippen molar-refractivity contribution in [3.8, 4) is 11.3 Å². The molecular weight excluding hydrogens is 200 g/mol. The third-order valence-electron chi connectivity index (χ3n) is 2.65. The Labute approximate surface area is 95.5 Å². The van der Waals surface area contributed by atoms with Crippen molar-refractivity contribution in [3.05, 3.63) is 35.6 Å². The van der Waals surface area contributed by atoms with Crippen LogP contribution in [0.2, 0.25) is 0 Å². The first-order valence-electron chi connectivity index (χ1n) is 5.49. The second kappa shape index (κ2) is 4.39. The number of aromatic nitrogens is 1. The molecule has 84 valence electrons. The molecule has 0 aliphatic heterocycles. The van der Waals surface area contributed by atoms with Crippen molar-refractivity contribution in [2.75, 3.05) is 12.4 Å². The van der Waals surface area contributed by atoms with E-state index in [1.807, 2.05) is 6.92 Å². The van der Waals surface area contributed by atoms with Crippen molar-refractivity contribution in [1.29, 1.82) is 0 Å². The van der Waals surface area contributed by atoms with Gasteiger partial charge < -0.3 is 9.73 Å². The van der Waals surface area contributed by atoms with Crippen LogP contribution in [0.4, 0.5) is 6.01 Å². The SMILES string of the molecule is CCc1ccc(-c2nc(NC)oc2C)cc1. The van der Waals surface area contributed by atoms with Crippen molar-refractivity contribution in [2.45, 2.75) is 20.3 Å². The third-order valence-corrected chi connectivity index (χ3v) is 2.65. The summed E-state index contributed by atoms with van der Waals surface area (Å²) in [5.41, 5.74) is 3.34. The van der Waals surface area contributed by atoms with Gasteiger partial charge in [0.15, 0.2) is 0 Å². The molecule has 3 nitrogen and oxygen atoms in total. The number of oxazole rings is 1. The molecule has 0 aliphatic carbocycles. The van der Waals surface area contributed by atoms with E-state index in [1.54, 1.807) is 7.05 Å².